The van der Waals surface area contributed by atoms with Crippen LogP contribution >= 0.6 is 0 Å². The minimum absolute atomic E-state index is 0.361. The number of H-pyrrole nitrogens is 1. The van der Waals surface area contributed by atoms with Crippen LogP contribution < -0.4 is 5.23 Å². The molecule has 0 spiro atoms. The fourth-order valence-electron chi connectivity index (χ4n) is 1.91. The van der Waals surface area contributed by atoms with Crippen molar-refractivity contribution in [3.63, 3.8) is 0 Å². The zero-order chi connectivity index (χ0) is 13.0. The molecule has 3 rings (SSSR count). The van der Waals surface area contributed by atoms with E-state index < -0.39 is 0 Å². The predicted octanol–water partition coefficient (Wildman–Crippen LogP) is 3.41. The van der Waals surface area contributed by atoms with Crippen molar-refractivity contribution in [1.29, 1.82) is 0 Å². The Morgan fingerprint density at radius 1 is 1.00 bits per heavy atom. The Hall–Kier alpha value is -1.52. The topological polar surface area (TPSA) is 37.5 Å². The maximum Gasteiger partial charge on any atom is 0.124 e. The second-order valence-corrected chi connectivity index (χ2v) is 5.71. The lowest BCUT2D eigenvalue weighted by atomic mass is 9.90. The maximum atomic E-state index is 5.88. The van der Waals surface area contributed by atoms with Gasteiger partial charge in [0.25, 0.3) is 0 Å². The number of anilines is 1. The van der Waals surface area contributed by atoms with Crippen molar-refractivity contribution >= 4 is 16.6 Å². The van der Waals surface area contributed by atoms with E-state index in [9.17, 15) is 0 Å². The molecule has 1 saturated heterocycles. The molecule has 1 aliphatic heterocycles. The first-order valence-corrected chi connectivity index (χ1v) is 6.15. The molecule has 1 aromatic heterocycles. The van der Waals surface area contributed by atoms with Gasteiger partial charge in [-0.05, 0) is 52.0 Å². The minimum atomic E-state index is -0.361. The molecule has 0 unspecified atom stereocenters. The average molecular weight is 246 g/mol. The monoisotopic (exact) mass is 246 g/mol. The van der Waals surface area contributed by atoms with Gasteiger partial charge in [0.15, 0.2) is 0 Å². The summed E-state index contributed by atoms with van der Waals surface area (Å²) in [7, 11) is 0. The Morgan fingerprint density at radius 3 is 2.33 bits per heavy atom. The first-order valence-electron chi connectivity index (χ1n) is 6.15. The summed E-state index contributed by atoms with van der Waals surface area (Å²) in [5.74, 6) is 0. The Kier molecular flexibility index (Phi) is 2.24. The Morgan fingerprint density at radius 2 is 1.67 bits per heavy atom. The molecule has 4 nitrogen and oxygen atoms in total. The third-order valence-corrected chi connectivity index (χ3v) is 3.82. The number of hydrogen-bond donors (Lipinski definition) is 1. The van der Waals surface area contributed by atoms with Crippen molar-refractivity contribution in [3.05, 3.63) is 30.5 Å². The summed E-state index contributed by atoms with van der Waals surface area (Å²) in [6.07, 6.45) is 1.92. The molecule has 4 heteroatoms. The van der Waals surface area contributed by atoms with E-state index in [1.54, 1.807) is 0 Å². The second kappa shape index (κ2) is 3.49. The average Bonchev–Trinajstić information content (AvgIpc) is 2.80. The zero-order valence-corrected chi connectivity index (χ0v) is 11.2. The number of nitrogens with one attached hydrogen (secondary N) is 1. The summed E-state index contributed by atoms with van der Waals surface area (Å²) in [4.78, 5) is 14.9. The van der Waals surface area contributed by atoms with E-state index in [2.05, 4.69) is 4.98 Å². The highest BCUT2D eigenvalue weighted by atomic mass is 17.0. The lowest BCUT2D eigenvalue weighted by molar-refractivity contribution is -0.0272. The van der Waals surface area contributed by atoms with Gasteiger partial charge in [-0.3, -0.25) is 0 Å². The molecule has 96 valence electrons. The molecule has 1 aliphatic rings. The van der Waals surface area contributed by atoms with E-state index in [1.807, 2.05) is 58.2 Å². The van der Waals surface area contributed by atoms with Gasteiger partial charge in [-0.1, -0.05) is 0 Å². The van der Waals surface area contributed by atoms with Gasteiger partial charge in [-0.15, -0.1) is 5.23 Å². The highest BCUT2D eigenvalue weighted by Gasteiger charge is 2.50. The number of aromatic nitrogens is 1. The van der Waals surface area contributed by atoms with Gasteiger partial charge < -0.3 is 4.98 Å². The molecule has 1 fully saturated rings. The molecule has 2 aromatic rings. The van der Waals surface area contributed by atoms with Gasteiger partial charge in [0.05, 0.1) is 5.69 Å². The lowest BCUT2D eigenvalue weighted by Gasteiger charge is -2.26. The maximum absolute atomic E-state index is 5.88. The van der Waals surface area contributed by atoms with Gasteiger partial charge in [-0.25, -0.2) is 9.68 Å². The van der Waals surface area contributed by atoms with Crippen molar-refractivity contribution in [2.24, 2.45) is 0 Å². The number of hydrogen-bond acceptors (Lipinski definition) is 3. The van der Waals surface area contributed by atoms with Gasteiger partial charge in [0.1, 0.15) is 11.2 Å². The van der Waals surface area contributed by atoms with Crippen molar-refractivity contribution in [3.8, 4) is 0 Å². The molecule has 2 heterocycles. The van der Waals surface area contributed by atoms with Gasteiger partial charge >= 0.3 is 0 Å². The Bertz CT molecular complexity index is 570. The molecule has 18 heavy (non-hydrogen) atoms. The van der Waals surface area contributed by atoms with Gasteiger partial charge in [0, 0.05) is 17.1 Å². The third kappa shape index (κ3) is 1.61. The molecule has 0 radical (unpaired) electrons. The van der Waals surface area contributed by atoms with Crippen molar-refractivity contribution < 1.29 is 9.68 Å². The predicted molar refractivity (Wildman–Crippen MR) is 71.1 cm³/mol. The van der Waals surface area contributed by atoms with Crippen molar-refractivity contribution in [2.45, 2.75) is 38.9 Å². The second-order valence-electron chi connectivity index (χ2n) is 5.71. The normalized spacial score (nSPS) is 21.7. The van der Waals surface area contributed by atoms with E-state index in [0.717, 1.165) is 16.6 Å². The number of rotatable bonds is 1. The van der Waals surface area contributed by atoms with Gasteiger partial charge in [-0.2, -0.15) is 0 Å². The summed E-state index contributed by atoms with van der Waals surface area (Å²) >= 11 is 0. The first-order chi connectivity index (χ1) is 8.39. The third-order valence-electron chi connectivity index (χ3n) is 3.82. The van der Waals surface area contributed by atoms with Crippen LogP contribution in [0.1, 0.15) is 27.7 Å². The van der Waals surface area contributed by atoms with Crippen LogP contribution in [0, 0.1) is 0 Å². The fourth-order valence-corrected chi connectivity index (χ4v) is 1.91. The SMILES string of the molecule is CC1(C)ON(c2ccc3[nH]ccc3c2)OC1(C)C. The number of fused-ring (bicyclic) bond motifs is 1. The van der Waals surface area contributed by atoms with Crippen molar-refractivity contribution in [2.75, 3.05) is 5.23 Å². The quantitative estimate of drug-likeness (QED) is 0.837. The van der Waals surface area contributed by atoms with E-state index in [1.165, 1.54) is 5.23 Å². The molecule has 0 bridgehead atoms. The van der Waals surface area contributed by atoms with Crippen LogP contribution in [0.15, 0.2) is 30.5 Å². The number of nitrogens with zero attached hydrogens (tertiary/aromatic N) is 1. The Labute approximate surface area is 106 Å². The van der Waals surface area contributed by atoms with Gasteiger partial charge in [0.2, 0.25) is 0 Å². The van der Waals surface area contributed by atoms with Crippen LogP contribution in [-0.2, 0) is 9.68 Å². The van der Waals surface area contributed by atoms with Crippen LogP contribution in [0.2, 0.25) is 0 Å². The van der Waals surface area contributed by atoms with E-state index in [-0.39, 0.29) is 11.2 Å². The van der Waals surface area contributed by atoms with E-state index in [0.29, 0.717) is 0 Å². The Balaban J connectivity index is 1.96. The molecule has 1 N–H and O–H groups in total. The summed E-state index contributed by atoms with van der Waals surface area (Å²) in [6.45, 7) is 8.12. The van der Waals surface area contributed by atoms with Crippen molar-refractivity contribution in [1.82, 2.24) is 4.98 Å². The first kappa shape index (κ1) is 11.6. The molecular formula is C14H18N2O2. The summed E-state index contributed by atoms with van der Waals surface area (Å²) in [5, 5.41) is 2.66. The minimum Gasteiger partial charge on any atom is -0.361 e. The molecule has 0 saturated carbocycles. The van der Waals surface area contributed by atoms with E-state index >= 15 is 0 Å². The molecule has 0 amide bonds. The van der Waals surface area contributed by atoms with Crippen LogP contribution in [0.4, 0.5) is 5.69 Å². The molecular weight excluding hydrogens is 228 g/mol. The molecule has 0 atom stereocenters. The summed E-state index contributed by atoms with van der Waals surface area (Å²) in [5.41, 5.74) is 1.29. The summed E-state index contributed by atoms with van der Waals surface area (Å²) < 4.78 is 0. The van der Waals surface area contributed by atoms with Crippen LogP contribution in [0.5, 0.6) is 0 Å². The highest BCUT2D eigenvalue weighted by molar-refractivity contribution is 5.82. The largest absolute Gasteiger partial charge is 0.361 e. The van der Waals surface area contributed by atoms with Crippen LogP contribution in [0.25, 0.3) is 10.9 Å². The zero-order valence-electron chi connectivity index (χ0n) is 11.2. The number of aromatic amines is 1. The highest BCUT2D eigenvalue weighted by Crippen LogP contribution is 2.40. The molecule has 1 aromatic carbocycles. The smallest absolute Gasteiger partial charge is 0.124 e. The van der Waals surface area contributed by atoms with E-state index in [4.69, 9.17) is 9.68 Å². The molecule has 0 aliphatic carbocycles. The fraction of sp³-hybridized carbons (Fsp3) is 0.429. The number of benzene rings is 1. The standard InChI is InChI=1S/C14H18N2O2/c1-13(2)14(3,4)18-16(17-13)11-5-6-12-10(9-11)7-8-15-12/h5-9,15H,1-4H3. The van der Waals surface area contributed by atoms with Crippen LogP contribution in [-0.4, -0.2) is 16.2 Å². The van der Waals surface area contributed by atoms with Crippen LogP contribution in [0.3, 0.4) is 0 Å². The summed E-state index contributed by atoms with van der Waals surface area (Å²) in [6, 6.07) is 8.08. The lowest BCUT2D eigenvalue weighted by Crippen LogP contribution is -2.41.